The summed E-state index contributed by atoms with van der Waals surface area (Å²) in [5.74, 6) is -0.928. The van der Waals surface area contributed by atoms with Crippen LogP contribution in [0.25, 0.3) is 0 Å². The van der Waals surface area contributed by atoms with Crippen LogP contribution in [0.2, 0.25) is 0 Å². The van der Waals surface area contributed by atoms with Crippen molar-refractivity contribution in [3.63, 3.8) is 0 Å². The molecule has 0 N–H and O–H groups in total. The first-order valence-corrected chi connectivity index (χ1v) is 7.90. The summed E-state index contributed by atoms with van der Waals surface area (Å²) < 4.78 is 21.7. The number of carbonyl (C=O) groups is 2. The summed E-state index contributed by atoms with van der Waals surface area (Å²) in [5.41, 5.74) is 1.09. The largest absolute Gasteiger partial charge is 0.454 e. The van der Waals surface area contributed by atoms with E-state index in [2.05, 4.69) is 0 Å². The molecule has 6 heteroatoms. The molecular weight excluding hydrogens is 324 g/mol. The minimum Gasteiger partial charge on any atom is -0.454 e. The Kier molecular flexibility index (Phi) is 5.42. The molecule has 130 valence electrons. The summed E-state index contributed by atoms with van der Waals surface area (Å²) >= 11 is 0. The highest BCUT2D eigenvalue weighted by Crippen LogP contribution is 2.25. The zero-order valence-electron chi connectivity index (χ0n) is 13.7. The van der Waals surface area contributed by atoms with Gasteiger partial charge < -0.3 is 18.9 Å². The van der Waals surface area contributed by atoms with Crippen LogP contribution >= 0.6 is 0 Å². The fourth-order valence-electron chi connectivity index (χ4n) is 2.45. The monoisotopic (exact) mass is 342 g/mol. The highest BCUT2D eigenvalue weighted by atomic mass is 16.7. The van der Waals surface area contributed by atoms with Gasteiger partial charge in [-0.15, -0.1) is 0 Å². The fourth-order valence-corrected chi connectivity index (χ4v) is 2.45. The predicted molar refractivity (Wildman–Crippen MR) is 88.0 cm³/mol. The summed E-state index contributed by atoms with van der Waals surface area (Å²) in [4.78, 5) is 23.5. The van der Waals surface area contributed by atoms with Crippen LogP contribution in [0.15, 0.2) is 54.6 Å². The molecular formula is C19H18O6. The zero-order valence-corrected chi connectivity index (χ0v) is 13.7. The number of ether oxygens (including phenoxy) is 4. The van der Waals surface area contributed by atoms with E-state index in [-0.39, 0.29) is 24.5 Å². The maximum Gasteiger partial charge on any atom is 0.342 e. The molecule has 0 aliphatic carbocycles. The lowest BCUT2D eigenvalue weighted by Gasteiger charge is -2.29. The van der Waals surface area contributed by atoms with Crippen LogP contribution in [0.4, 0.5) is 0 Å². The number of benzene rings is 2. The topological polar surface area (TPSA) is 71.1 Å². The van der Waals surface area contributed by atoms with E-state index in [9.17, 15) is 9.59 Å². The third-order valence-electron chi connectivity index (χ3n) is 3.57. The Morgan fingerprint density at radius 1 is 0.960 bits per heavy atom. The van der Waals surface area contributed by atoms with Crippen LogP contribution in [0.5, 0.6) is 5.75 Å². The minimum atomic E-state index is -0.591. The lowest BCUT2D eigenvalue weighted by atomic mass is 10.2. The van der Waals surface area contributed by atoms with Crippen molar-refractivity contribution in [1.82, 2.24) is 0 Å². The molecule has 1 aliphatic heterocycles. The Morgan fingerprint density at radius 3 is 2.28 bits per heavy atom. The average molecular weight is 342 g/mol. The molecule has 0 bridgehead atoms. The van der Waals surface area contributed by atoms with E-state index in [4.69, 9.17) is 18.9 Å². The van der Waals surface area contributed by atoms with Crippen molar-refractivity contribution in [3.8, 4) is 5.75 Å². The molecule has 0 saturated carbocycles. The summed E-state index contributed by atoms with van der Waals surface area (Å²) in [6.07, 6.45) is -0.998. The van der Waals surface area contributed by atoms with Crippen LogP contribution in [0.1, 0.15) is 29.1 Å². The molecule has 25 heavy (non-hydrogen) atoms. The molecule has 2 aromatic rings. The fraction of sp³-hybridized carbons (Fsp3) is 0.263. The van der Waals surface area contributed by atoms with Gasteiger partial charge in [-0.1, -0.05) is 42.5 Å². The summed E-state index contributed by atoms with van der Waals surface area (Å²) in [5, 5.41) is 0. The van der Waals surface area contributed by atoms with Gasteiger partial charge in [-0.2, -0.15) is 0 Å². The predicted octanol–water partition coefficient (Wildman–Crippen LogP) is 2.88. The summed E-state index contributed by atoms with van der Waals surface area (Å²) in [6, 6.07) is 16.0. The number of hydrogen-bond acceptors (Lipinski definition) is 6. The van der Waals surface area contributed by atoms with Crippen molar-refractivity contribution in [3.05, 3.63) is 65.7 Å². The SMILES string of the molecule is CC(=O)Oc1ccccc1C(=O)OC1COC(c2ccccc2)OC1. The highest BCUT2D eigenvalue weighted by molar-refractivity contribution is 5.93. The molecule has 0 aromatic heterocycles. The van der Waals surface area contributed by atoms with Crippen molar-refractivity contribution < 1.29 is 28.5 Å². The molecule has 0 unspecified atom stereocenters. The maximum absolute atomic E-state index is 12.3. The number of hydrogen-bond donors (Lipinski definition) is 0. The van der Waals surface area contributed by atoms with Crippen molar-refractivity contribution in [2.24, 2.45) is 0 Å². The second-order valence-electron chi connectivity index (χ2n) is 5.53. The van der Waals surface area contributed by atoms with Gasteiger partial charge in [-0.25, -0.2) is 4.79 Å². The van der Waals surface area contributed by atoms with Crippen LogP contribution < -0.4 is 4.74 Å². The van der Waals surface area contributed by atoms with Crippen molar-refractivity contribution in [2.45, 2.75) is 19.3 Å². The van der Waals surface area contributed by atoms with E-state index >= 15 is 0 Å². The summed E-state index contributed by atoms with van der Waals surface area (Å²) in [6.45, 7) is 1.72. The second kappa shape index (κ2) is 7.92. The molecule has 0 radical (unpaired) electrons. The van der Waals surface area contributed by atoms with Crippen molar-refractivity contribution >= 4 is 11.9 Å². The molecule has 1 saturated heterocycles. The first-order chi connectivity index (χ1) is 12.1. The molecule has 1 aliphatic rings. The van der Waals surface area contributed by atoms with E-state index in [0.717, 1.165) is 5.56 Å². The van der Waals surface area contributed by atoms with E-state index in [1.165, 1.54) is 19.1 Å². The smallest absolute Gasteiger partial charge is 0.342 e. The first kappa shape index (κ1) is 17.1. The van der Waals surface area contributed by atoms with Gasteiger partial charge in [0.25, 0.3) is 0 Å². The quantitative estimate of drug-likeness (QED) is 0.628. The van der Waals surface area contributed by atoms with Crippen LogP contribution in [0, 0.1) is 0 Å². The number of para-hydroxylation sites is 1. The number of esters is 2. The van der Waals surface area contributed by atoms with Gasteiger partial charge in [0.05, 0.1) is 13.2 Å². The van der Waals surface area contributed by atoms with Crippen LogP contribution in [-0.4, -0.2) is 31.3 Å². The zero-order chi connectivity index (χ0) is 17.6. The number of carbonyl (C=O) groups excluding carboxylic acids is 2. The number of rotatable bonds is 4. The van der Waals surface area contributed by atoms with E-state index in [0.29, 0.717) is 0 Å². The molecule has 3 rings (SSSR count). The normalized spacial score (nSPS) is 19.9. The van der Waals surface area contributed by atoms with E-state index in [1.54, 1.807) is 12.1 Å². The third-order valence-corrected chi connectivity index (χ3v) is 3.57. The van der Waals surface area contributed by atoms with E-state index < -0.39 is 24.3 Å². The molecule has 1 heterocycles. The Balaban J connectivity index is 1.59. The average Bonchev–Trinajstić information content (AvgIpc) is 2.63. The van der Waals surface area contributed by atoms with Gasteiger partial charge in [0.1, 0.15) is 17.4 Å². The Labute approximate surface area is 145 Å². The summed E-state index contributed by atoms with van der Waals surface area (Å²) in [7, 11) is 0. The van der Waals surface area contributed by atoms with Crippen molar-refractivity contribution in [2.75, 3.05) is 13.2 Å². The molecule has 0 amide bonds. The van der Waals surface area contributed by atoms with E-state index in [1.807, 2.05) is 30.3 Å². The highest BCUT2D eigenvalue weighted by Gasteiger charge is 2.27. The first-order valence-electron chi connectivity index (χ1n) is 7.90. The Morgan fingerprint density at radius 2 is 1.60 bits per heavy atom. The second-order valence-corrected chi connectivity index (χ2v) is 5.53. The van der Waals surface area contributed by atoms with Gasteiger partial charge in [0, 0.05) is 12.5 Å². The van der Waals surface area contributed by atoms with Gasteiger partial charge >= 0.3 is 11.9 Å². The minimum absolute atomic E-state index is 0.166. The Bertz CT molecular complexity index is 735. The molecule has 2 aromatic carbocycles. The maximum atomic E-state index is 12.3. The van der Waals surface area contributed by atoms with Crippen LogP contribution in [0.3, 0.4) is 0 Å². The Hall–Kier alpha value is -2.70. The lowest BCUT2D eigenvalue weighted by Crippen LogP contribution is -2.35. The van der Waals surface area contributed by atoms with Gasteiger partial charge in [-0.3, -0.25) is 4.79 Å². The third kappa shape index (κ3) is 4.43. The molecule has 6 nitrogen and oxygen atoms in total. The van der Waals surface area contributed by atoms with Gasteiger partial charge in [0.2, 0.25) is 0 Å². The molecule has 0 spiro atoms. The molecule has 0 atom stereocenters. The van der Waals surface area contributed by atoms with Crippen molar-refractivity contribution in [1.29, 1.82) is 0 Å². The van der Waals surface area contributed by atoms with Crippen LogP contribution in [-0.2, 0) is 19.0 Å². The van der Waals surface area contributed by atoms with Gasteiger partial charge in [0.15, 0.2) is 6.29 Å². The van der Waals surface area contributed by atoms with Gasteiger partial charge in [-0.05, 0) is 12.1 Å². The lowest BCUT2D eigenvalue weighted by molar-refractivity contribution is -0.220. The standard InChI is InChI=1S/C19H18O6/c1-13(20)24-17-10-6-5-9-16(17)18(21)25-15-11-22-19(23-12-15)14-7-3-2-4-8-14/h2-10,15,19H,11-12H2,1H3. The molecule has 1 fully saturated rings.